The van der Waals surface area contributed by atoms with E-state index in [9.17, 15) is 20.0 Å². The van der Waals surface area contributed by atoms with Crippen molar-refractivity contribution >= 4 is 28.3 Å². The maximum absolute atomic E-state index is 13.7. The van der Waals surface area contributed by atoms with Crippen molar-refractivity contribution in [3.8, 4) is 0 Å². The molecule has 1 N–H and O–H groups in total. The summed E-state index contributed by atoms with van der Waals surface area (Å²) < 4.78 is 0. The van der Waals surface area contributed by atoms with Crippen LogP contribution in [0.5, 0.6) is 0 Å². The molecule has 0 saturated carbocycles. The summed E-state index contributed by atoms with van der Waals surface area (Å²) in [6.45, 7) is 0. The normalized spacial score (nSPS) is 14.0. The van der Waals surface area contributed by atoms with Gasteiger partial charge in [-0.15, -0.1) is 0 Å². The van der Waals surface area contributed by atoms with Gasteiger partial charge in [-0.05, 0) is 41.1 Å². The van der Waals surface area contributed by atoms with Crippen LogP contribution in [0.25, 0.3) is 10.8 Å². The Morgan fingerprint density at radius 3 is 2.16 bits per heavy atom. The van der Waals surface area contributed by atoms with E-state index in [1.54, 1.807) is 18.2 Å². The van der Waals surface area contributed by atoms with Gasteiger partial charge in [-0.25, -0.2) is 0 Å². The number of imide groups is 1. The first-order valence-corrected chi connectivity index (χ1v) is 10.2. The molecule has 6 heteroatoms. The van der Waals surface area contributed by atoms with Crippen LogP contribution < -0.4 is 5.23 Å². The zero-order valence-electron chi connectivity index (χ0n) is 17.0. The van der Waals surface area contributed by atoms with Crippen LogP contribution in [0.1, 0.15) is 37.9 Å². The van der Waals surface area contributed by atoms with E-state index >= 15 is 0 Å². The number of benzene rings is 4. The molecule has 0 saturated heterocycles. The van der Waals surface area contributed by atoms with Crippen LogP contribution in [0.4, 0.5) is 5.69 Å². The molecule has 0 fully saturated rings. The highest BCUT2D eigenvalue weighted by molar-refractivity contribution is 6.26. The molecule has 1 aliphatic heterocycles. The summed E-state index contributed by atoms with van der Waals surface area (Å²) in [5.74, 6) is -0.874. The van der Waals surface area contributed by atoms with Gasteiger partial charge < -0.3 is 10.4 Å². The van der Waals surface area contributed by atoms with Crippen molar-refractivity contribution < 1.29 is 14.8 Å². The summed E-state index contributed by atoms with van der Waals surface area (Å²) in [6.07, 6.45) is 0.445. The summed E-state index contributed by atoms with van der Waals surface area (Å²) in [6, 6.07) is 26.5. The van der Waals surface area contributed by atoms with Crippen molar-refractivity contribution in [3.63, 3.8) is 0 Å². The van der Waals surface area contributed by atoms with Gasteiger partial charge in [-0.1, -0.05) is 72.8 Å². The Morgan fingerprint density at radius 2 is 1.47 bits per heavy atom. The quantitative estimate of drug-likeness (QED) is 0.356. The van der Waals surface area contributed by atoms with Gasteiger partial charge >= 0.3 is 0 Å². The fourth-order valence-corrected chi connectivity index (χ4v) is 4.38. The first-order valence-electron chi connectivity index (χ1n) is 10.2. The van der Waals surface area contributed by atoms with E-state index in [0.29, 0.717) is 22.8 Å². The van der Waals surface area contributed by atoms with Gasteiger partial charge in [0.25, 0.3) is 11.8 Å². The number of carbonyl (C=O) groups excluding carboxylic acids is 2. The van der Waals surface area contributed by atoms with Gasteiger partial charge in [0.15, 0.2) is 0 Å². The maximum Gasteiger partial charge on any atom is 0.262 e. The minimum Gasteiger partial charge on any atom is -0.733 e. The van der Waals surface area contributed by atoms with Gasteiger partial charge in [0, 0.05) is 10.9 Å². The summed E-state index contributed by atoms with van der Waals surface area (Å²) in [7, 11) is 0. The number of carbonyl (C=O) groups is 2. The molecule has 4 aromatic rings. The van der Waals surface area contributed by atoms with Crippen LogP contribution in [-0.2, 0) is 6.42 Å². The monoisotopic (exact) mass is 423 g/mol. The lowest BCUT2D eigenvalue weighted by molar-refractivity contribution is 0.0535. The van der Waals surface area contributed by atoms with E-state index in [0.717, 1.165) is 11.1 Å². The molecule has 6 nitrogen and oxygen atoms in total. The number of amides is 2. The molecular formula is C26H19N2O4-. The Labute approximate surface area is 184 Å². The second-order valence-corrected chi connectivity index (χ2v) is 7.77. The molecular weight excluding hydrogens is 404 g/mol. The number of anilines is 1. The van der Waals surface area contributed by atoms with E-state index in [1.807, 2.05) is 60.7 Å². The predicted molar refractivity (Wildman–Crippen MR) is 121 cm³/mol. The third kappa shape index (κ3) is 3.32. The Bertz CT molecular complexity index is 1320. The van der Waals surface area contributed by atoms with Crippen LogP contribution >= 0.6 is 0 Å². The molecule has 32 heavy (non-hydrogen) atoms. The van der Waals surface area contributed by atoms with Crippen LogP contribution in [0.2, 0.25) is 0 Å². The van der Waals surface area contributed by atoms with Crippen molar-refractivity contribution in [2.45, 2.75) is 12.5 Å². The van der Waals surface area contributed by atoms with Gasteiger partial charge in [0.1, 0.15) is 0 Å². The van der Waals surface area contributed by atoms with E-state index in [-0.39, 0.29) is 22.4 Å². The van der Waals surface area contributed by atoms with Crippen molar-refractivity contribution in [2.24, 2.45) is 0 Å². The van der Waals surface area contributed by atoms with Crippen molar-refractivity contribution in [1.29, 1.82) is 0 Å². The van der Waals surface area contributed by atoms with E-state index in [1.165, 1.54) is 17.0 Å². The van der Waals surface area contributed by atoms with E-state index in [2.05, 4.69) is 0 Å². The molecule has 1 heterocycles. The SMILES string of the molecule is O=C1c2cccc3cc(N([O-])O)cc(c23)C(=O)N1C(Cc1ccccc1)c1ccccc1. The molecule has 1 atom stereocenters. The zero-order chi connectivity index (χ0) is 22.2. The molecule has 0 radical (unpaired) electrons. The smallest absolute Gasteiger partial charge is 0.262 e. The molecule has 1 unspecified atom stereocenters. The maximum atomic E-state index is 13.7. The molecule has 0 bridgehead atoms. The summed E-state index contributed by atoms with van der Waals surface area (Å²) in [5, 5.41) is 21.8. The Hall–Kier alpha value is -4.00. The highest BCUT2D eigenvalue weighted by Crippen LogP contribution is 2.38. The minimum absolute atomic E-state index is 0.0633. The van der Waals surface area contributed by atoms with Crippen LogP contribution in [-0.4, -0.2) is 21.9 Å². The molecule has 0 aromatic heterocycles. The van der Waals surface area contributed by atoms with Gasteiger partial charge in [0.05, 0.1) is 17.3 Å². The lowest BCUT2D eigenvalue weighted by atomic mass is 9.89. The lowest BCUT2D eigenvalue weighted by Crippen LogP contribution is -2.43. The molecule has 1 aliphatic rings. The average Bonchev–Trinajstić information content (AvgIpc) is 2.82. The Kier molecular flexibility index (Phi) is 4.93. The Morgan fingerprint density at radius 1 is 0.812 bits per heavy atom. The predicted octanol–water partition coefficient (Wildman–Crippen LogP) is 5.11. The van der Waals surface area contributed by atoms with Crippen molar-refractivity contribution in [1.82, 2.24) is 4.90 Å². The molecule has 0 aliphatic carbocycles. The van der Waals surface area contributed by atoms with Gasteiger partial charge in [0.2, 0.25) is 0 Å². The molecule has 0 spiro atoms. The minimum atomic E-state index is -0.539. The lowest BCUT2D eigenvalue weighted by Gasteiger charge is -2.35. The van der Waals surface area contributed by atoms with E-state index in [4.69, 9.17) is 0 Å². The van der Waals surface area contributed by atoms with Crippen LogP contribution in [0, 0.1) is 5.21 Å². The van der Waals surface area contributed by atoms with E-state index < -0.39 is 11.9 Å². The average molecular weight is 423 g/mol. The highest BCUT2D eigenvalue weighted by Gasteiger charge is 2.38. The highest BCUT2D eigenvalue weighted by atomic mass is 16.8. The van der Waals surface area contributed by atoms with Crippen molar-refractivity contribution in [3.05, 3.63) is 118 Å². The Balaban J connectivity index is 1.68. The number of hydrogen-bond acceptors (Lipinski definition) is 5. The van der Waals surface area contributed by atoms with Gasteiger partial charge in [-0.3, -0.25) is 19.7 Å². The molecule has 158 valence electrons. The van der Waals surface area contributed by atoms with Gasteiger partial charge in [-0.2, -0.15) is 0 Å². The summed E-state index contributed by atoms with van der Waals surface area (Å²) in [4.78, 5) is 28.6. The molecule has 2 amide bonds. The largest absolute Gasteiger partial charge is 0.733 e. The third-order valence-electron chi connectivity index (χ3n) is 5.85. The topological polar surface area (TPSA) is 83.9 Å². The first kappa shape index (κ1) is 19.9. The standard InChI is InChI=1S/C26H19N2O4/c29-25-21-13-7-12-19-15-20(28(31)32)16-22(24(19)21)26(30)27(25)23(18-10-5-2-6-11-18)14-17-8-3-1-4-9-17/h1-13,15-16,23,31H,14H2/q-1. The molecule has 4 aromatic carbocycles. The zero-order valence-corrected chi connectivity index (χ0v) is 17.0. The number of rotatable bonds is 5. The fourth-order valence-electron chi connectivity index (χ4n) is 4.38. The first-order chi connectivity index (χ1) is 15.5. The van der Waals surface area contributed by atoms with Crippen molar-refractivity contribution in [2.75, 3.05) is 5.23 Å². The second kappa shape index (κ2) is 7.92. The van der Waals surface area contributed by atoms with Crippen LogP contribution in [0.15, 0.2) is 91.0 Å². The fraction of sp³-hybridized carbons (Fsp3) is 0.0769. The second-order valence-electron chi connectivity index (χ2n) is 7.77. The summed E-state index contributed by atoms with van der Waals surface area (Å²) >= 11 is 0. The van der Waals surface area contributed by atoms with Crippen LogP contribution in [0.3, 0.4) is 0 Å². The number of nitrogens with zero attached hydrogens (tertiary/aromatic N) is 2. The number of hydrogen-bond donors (Lipinski definition) is 1. The molecule has 5 rings (SSSR count). The summed E-state index contributed by atoms with van der Waals surface area (Å²) in [5.41, 5.74) is 2.37. The third-order valence-corrected chi connectivity index (χ3v) is 5.85.